The van der Waals surface area contributed by atoms with Crippen molar-refractivity contribution in [2.75, 3.05) is 14.1 Å². The Morgan fingerprint density at radius 2 is 1.92 bits per heavy atom. The summed E-state index contributed by atoms with van der Waals surface area (Å²) < 4.78 is 2.35. The zero-order chi connectivity index (χ0) is 18.1. The molecule has 0 unspecified atom stereocenters. The molecule has 7 heteroatoms. The van der Waals surface area contributed by atoms with Crippen LogP contribution in [0.4, 0.5) is 0 Å². The van der Waals surface area contributed by atoms with Crippen LogP contribution in [-0.4, -0.2) is 35.2 Å². The van der Waals surface area contributed by atoms with Crippen LogP contribution in [0.5, 0.6) is 0 Å². The van der Waals surface area contributed by atoms with Crippen molar-refractivity contribution in [1.29, 1.82) is 0 Å². The van der Waals surface area contributed by atoms with Gasteiger partial charge in [-0.05, 0) is 45.5 Å². The third-order valence-electron chi connectivity index (χ3n) is 3.93. The van der Waals surface area contributed by atoms with Gasteiger partial charge in [0.2, 0.25) is 0 Å². The Balaban J connectivity index is 3.21. The Bertz CT molecular complexity index is 615. The topological polar surface area (TPSA) is 65.7 Å². The van der Waals surface area contributed by atoms with Gasteiger partial charge >= 0.3 is 0 Å². The number of rotatable bonds is 8. The summed E-state index contributed by atoms with van der Waals surface area (Å²) in [7, 11) is 3.54. The summed E-state index contributed by atoms with van der Waals surface area (Å²) in [6.07, 6.45) is 3.65. The smallest absolute Gasteiger partial charge is 0.186 e. The highest BCUT2D eigenvalue weighted by Crippen LogP contribution is 2.18. The second-order valence-electron chi connectivity index (χ2n) is 5.72. The molecule has 0 atom stereocenters. The van der Waals surface area contributed by atoms with E-state index < -0.39 is 0 Å². The van der Waals surface area contributed by atoms with E-state index >= 15 is 0 Å². The molecule has 0 bridgehead atoms. The molecule has 0 saturated carbocycles. The molecule has 1 aromatic heterocycles. The van der Waals surface area contributed by atoms with Gasteiger partial charge in [-0.15, -0.1) is 0 Å². The average molecular weight is 351 g/mol. The van der Waals surface area contributed by atoms with Gasteiger partial charge in [-0.2, -0.15) is 10.2 Å². The highest BCUT2D eigenvalue weighted by molar-refractivity contribution is 7.80. The maximum atomic E-state index is 5.12. The molecule has 0 spiro atoms. The molecule has 24 heavy (non-hydrogen) atoms. The lowest BCUT2D eigenvalue weighted by Gasteiger charge is -2.11. The molecule has 1 heterocycles. The number of nitrogens with one attached hydrogen (secondary N) is 3. The molecule has 134 valence electrons. The molecule has 0 amide bonds. The number of nitrogens with zero attached hydrogens (tertiary/aromatic N) is 3. The molecule has 0 aliphatic heterocycles. The Morgan fingerprint density at radius 3 is 2.50 bits per heavy atom. The van der Waals surface area contributed by atoms with Crippen LogP contribution in [0.15, 0.2) is 16.3 Å². The first-order valence-electron chi connectivity index (χ1n) is 8.40. The van der Waals surface area contributed by atoms with Gasteiger partial charge in [0.15, 0.2) is 5.11 Å². The Labute approximate surface area is 150 Å². The number of thiocarbonyl (C=S) groups is 1. The third kappa shape index (κ3) is 5.33. The van der Waals surface area contributed by atoms with Crippen LogP contribution in [0.25, 0.3) is 0 Å². The minimum Gasteiger partial charge on any atom is -0.364 e. The predicted molar refractivity (Wildman–Crippen MR) is 107 cm³/mol. The Kier molecular flexibility index (Phi) is 8.46. The first-order chi connectivity index (χ1) is 11.5. The standard InChI is InChI=1S/C17H30N6S/c1-7-8-9-10-23-12(2)11-15(14(23)4)16(13(3)20-19-6)21-22-17(24)18-5/h11,19H,7-10H2,1-6H3,(H2,18,22,24)/b20-13+,21-16-. The Hall–Kier alpha value is -1.89. The summed E-state index contributed by atoms with van der Waals surface area (Å²) in [6, 6.07) is 2.17. The first kappa shape index (κ1) is 20.2. The number of hydrogen-bond acceptors (Lipinski definition) is 4. The number of unbranched alkanes of at least 4 members (excludes halogenated alkanes) is 2. The van der Waals surface area contributed by atoms with Crippen LogP contribution in [-0.2, 0) is 6.54 Å². The van der Waals surface area contributed by atoms with Crippen LogP contribution in [0.1, 0.15) is 50.1 Å². The number of hydrazone groups is 2. The highest BCUT2D eigenvalue weighted by Gasteiger charge is 2.17. The van der Waals surface area contributed by atoms with Gasteiger partial charge in [-0.3, -0.25) is 5.43 Å². The lowest BCUT2D eigenvalue weighted by molar-refractivity contribution is 0.584. The highest BCUT2D eigenvalue weighted by atomic mass is 32.1. The maximum Gasteiger partial charge on any atom is 0.186 e. The maximum absolute atomic E-state index is 5.12. The fraction of sp³-hybridized carbons (Fsp3) is 0.588. The zero-order valence-corrected chi connectivity index (χ0v) is 16.5. The number of aryl methyl sites for hydroxylation is 1. The van der Waals surface area contributed by atoms with Crippen molar-refractivity contribution in [3.8, 4) is 0 Å². The fourth-order valence-corrected chi connectivity index (χ4v) is 2.67. The van der Waals surface area contributed by atoms with E-state index in [1.807, 2.05) is 6.92 Å². The molecule has 0 saturated heterocycles. The largest absolute Gasteiger partial charge is 0.364 e. The molecular weight excluding hydrogens is 320 g/mol. The fourth-order valence-electron chi connectivity index (χ4n) is 2.62. The summed E-state index contributed by atoms with van der Waals surface area (Å²) in [4.78, 5) is 0. The van der Waals surface area contributed by atoms with Gasteiger partial charge in [0.05, 0.1) is 5.71 Å². The normalized spacial score (nSPS) is 12.2. The monoisotopic (exact) mass is 350 g/mol. The summed E-state index contributed by atoms with van der Waals surface area (Å²) in [6.45, 7) is 9.45. The second kappa shape index (κ2) is 10.1. The number of aromatic nitrogens is 1. The van der Waals surface area contributed by atoms with Gasteiger partial charge in [0.1, 0.15) is 5.71 Å². The lowest BCUT2D eigenvalue weighted by Crippen LogP contribution is -2.31. The van der Waals surface area contributed by atoms with E-state index in [2.05, 4.69) is 57.8 Å². The van der Waals surface area contributed by atoms with Crippen molar-refractivity contribution >= 4 is 28.8 Å². The SMILES string of the molecule is CCCCCn1c(C)cc(C(=N\NC(=S)NC)/C(C)=N/NC)c1C. The molecular formula is C17H30N6S. The van der Waals surface area contributed by atoms with Gasteiger partial charge in [0, 0.05) is 37.6 Å². The van der Waals surface area contributed by atoms with E-state index in [0.29, 0.717) is 5.11 Å². The molecule has 1 aromatic rings. The molecule has 0 radical (unpaired) electrons. The van der Waals surface area contributed by atoms with Gasteiger partial charge < -0.3 is 15.3 Å². The molecule has 0 aliphatic rings. The van der Waals surface area contributed by atoms with Gasteiger partial charge in [0.25, 0.3) is 0 Å². The third-order valence-corrected chi connectivity index (χ3v) is 4.23. The van der Waals surface area contributed by atoms with Crippen LogP contribution in [0, 0.1) is 13.8 Å². The van der Waals surface area contributed by atoms with Crippen LogP contribution >= 0.6 is 12.2 Å². The zero-order valence-electron chi connectivity index (χ0n) is 15.7. The van der Waals surface area contributed by atoms with E-state index in [1.165, 1.54) is 30.7 Å². The predicted octanol–water partition coefficient (Wildman–Crippen LogP) is 2.69. The minimum absolute atomic E-state index is 0.474. The van der Waals surface area contributed by atoms with E-state index in [-0.39, 0.29) is 0 Å². The van der Waals surface area contributed by atoms with Crippen molar-refractivity contribution in [3.05, 3.63) is 23.0 Å². The summed E-state index contributed by atoms with van der Waals surface area (Å²) in [5.74, 6) is 0. The van der Waals surface area contributed by atoms with Crippen molar-refractivity contribution in [3.63, 3.8) is 0 Å². The average Bonchev–Trinajstić information content (AvgIpc) is 2.83. The second-order valence-corrected chi connectivity index (χ2v) is 6.12. The van der Waals surface area contributed by atoms with Crippen LogP contribution in [0.2, 0.25) is 0 Å². The van der Waals surface area contributed by atoms with Crippen molar-refractivity contribution < 1.29 is 0 Å². The first-order valence-corrected chi connectivity index (χ1v) is 8.80. The van der Waals surface area contributed by atoms with Crippen molar-refractivity contribution in [2.24, 2.45) is 10.2 Å². The van der Waals surface area contributed by atoms with E-state index in [9.17, 15) is 0 Å². The molecule has 0 fully saturated rings. The molecule has 0 aromatic carbocycles. The summed E-state index contributed by atoms with van der Waals surface area (Å²) >= 11 is 5.12. The van der Waals surface area contributed by atoms with Gasteiger partial charge in [-0.1, -0.05) is 19.8 Å². The van der Waals surface area contributed by atoms with E-state index in [0.717, 1.165) is 23.5 Å². The summed E-state index contributed by atoms with van der Waals surface area (Å²) in [5.41, 5.74) is 10.8. The molecule has 6 nitrogen and oxygen atoms in total. The van der Waals surface area contributed by atoms with Gasteiger partial charge in [-0.25, -0.2) is 0 Å². The lowest BCUT2D eigenvalue weighted by atomic mass is 10.1. The van der Waals surface area contributed by atoms with Crippen LogP contribution < -0.4 is 16.2 Å². The number of hydrogen-bond donors (Lipinski definition) is 3. The van der Waals surface area contributed by atoms with Crippen molar-refractivity contribution in [2.45, 2.75) is 53.5 Å². The van der Waals surface area contributed by atoms with E-state index in [4.69, 9.17) is 12.2 Å². The van der Waals surface area contributed by atoms with Crippen LogP contribution in [0.3, 0.4) is 0 Å². The van der Waals surface area contributed by atoms with Crippen molar-refractivity contribution in [1.82, 2.24) is 20.7 Å². The quantitative estimate of drug-likeness (QED) is 0.292. The molecule has 3 N–H and O–H groups in total. The van der Waals surface area contributed by atoms with E-state index in [1.54, 1.807) is 14.1 Å². The molecule has 1 rings (SSSR count). The Morgan fingerprint density at radius 1 is 1.21 bits per heavy atom. The summed E-state index contributed by atoms with van der Waals surface area (Å²) in [5, 5.41) is 12.1. The molecule has 0 aliphatic carbocycles. The minimum atomic E-state index is 0.474.